The van der Waals surface area contributed by atoms with E-state index in [1.54, 1.807) is 0 Å². The van der Waals surface area contributed by atoms with Crippen molar-refractivity contribution in [3.63, 3.8) is 0 Å². The van der Waals surface area contributed by atoms with E-state index in [1.807, 2.05) is 19.1 Å². The van der Waals surface area contributed by atoms with Gasteiger partial charge in [-0.1, -0.05) is 15.9 Å². The average Bonchev–Trinajstić information content (AvgIpc) is 2.03. The zero-order valence-electron chi connectivity index (χ0n) is 7.76. The topological polar surface area (TPSA) is 33.1 Å². The average molecular weight is 244 g/mol. The molecule has 0 aliphatic carbocycles. The number of halogens is 1. The summed E-state index contributed by atoms with van der Waals surface area (Å²) in [7, 11) is 0. The molecule has 0 bridgehead atoms. The Morgan fingerprint density at radius 2 is 2.15 bits per heavy atom. The highest BCUT2D eigenvalue weighted by molar-refractivity contribution is 9.10. The minimum Gasteiger partial charge on any atom is -0.396 e. The molecule has 0 amide bonds. The molecule has 1 aromatic rings. The highest BCUT2D eigenvalue weighted by atomic mass is 79.9. The van der Waals surface area contributed by atoms with Crippen LogP contribution in [0.2, 0.25) is 0 Å². The van der Waals surface area contributed by atoms with Gasteiger partial charge in [-0.15, -0.1) is 0 Å². The van der Waals surface area contributed by atoms with Crippen molar-refractivity contribution < 1.29 is 5.11 Å². The van der Waals surface area contributed by atoms with Gasteiger partial charge < -0.3 is 5.11 Å². The maximum Gasteiger partial charge on any atom is 0.0431 e. The Hall–Kier alpha value is -0.410. The van der Waals surface area contributed by atoms with Crippen molar-refractivity contribution in [2.75, 3.05) is 6.61 Å². The van der Waals surface area contributed by atoms with Crippen molar-refractivity contribution >= 4 is 15.9 Å². The Balaban J connectivity index is 2.56. The SMILES string of the molecule is Cc1cc(Br)cc(CCCCO)n1. The van der Waals surface area contributed by atoms with Crippen molar-refractivity contribution in [1.29, 1.82) is 0 Å². The number of aliphatic hydroxyl groups is 1. The second-order valence-electron chi connectivity index (χ2n) is 3.10. The normalized spacial score (nSPS) is 10.4. The maximum atomic E-state index is 8.62. The number of hydrogen-bond donors (Lipinski definition) is 1. The van der Waals surface area contributed by atoms with Crippen molar-refractivity contribution in [2.45, 2.75) is 26.2 Å². The summed E-state index contributed by atoms with van der Waals surface area (Å²) in [6, 6.07) is 4.03. The molecule has 3 heteroatoms. The predicted octanol–water partition coefficient (Wildman–Crippen LogP) is 2.47. The van der Waals surface area contributed by atoms with Gasteiger partial charge in [0.15, 0.2) is 0 Å². The van der Waals surface area contributed by atoms with Crippen LogP contribution in [0.15, 0.2) is 16.6 Å². The van der Waals surface area contributed by atoms with Gasteiger partial charge >= 0.3 is 0 Å². The third-order valence-electron chi connectivity index (χ3n) is 1.81. The molecule has 0 spiro atoms. The summed E-state index contributed by atoms with van der Waals surface area (Å²) in [5.74, 6) is 0. The minimum absolute atomic E-state index is 0.271. The highest BCUT2D eigenvalue weighted by Gasteiger charge is 1.97. The van der Waals surface area contributed by atoms with Crippen LogP contribution >= 0.6 is 15.9 Å². The fourth-order valence-corrected chi connectivity index (χ4v) is 1.83. The smallest absolute Gasteiger partial charge is 0.0431 e. The van der Waals surface area contributed by atoms with Crippen molar-refractivity contribution in [1.82, 2.24) is 4.98 Å². The van der Waals surface area contributed by atoms with Gasteiger partial charge in [0.05, 0.1) is 0 Å². The molecular weight excluding hydrogens is 230 g/mol. The lowest BCUT2D eigenvalue weighted by Crippen LogP contribution is -1.94. The van der Waals surface area contributed by atoms with E-state index < -0.39 is 0 Å². The third-order valence-corrected chi connectivity index (χ3v) is 2.27. The van der Waals surface area contributed by atoms with Gasteiger partial charge in [-0.2, -0.15) is 0 Å². The van der Waals surface area contributed by atoms with Crippen LogP contribution in [0.1, 0.15) is 24.2 Å². The van der Waals surface area contributed by atoms with Crippen LogP contribution in [0.25, 0.3) is 0 Å². The Morgan fingerprint density at radius 1 is 1.38 bits per heavy atom. The van der Waals surface area contributed by atoms with Gasteiger partial charge in [-0.3, -0.25) is 4.98 Å². The molecule has 1 heterocycles. The molecule has 0 saturated carbocycles. The molecule has 0 aliphatic rings. The number of pyridine rings is 1. The van der Waals surface area contributed by atoms with Crippen LogP contribution in [0, 0.1) is 6.92 Å². The Bertz CT molecular complexity index is 255. The maximum absolute atomic E-state index is 8.62. The largest absolute Gasteiger partial charge is 0.396 e. The van der Waals surface area contributed by atoms with Gasteiger partial charge in [0.25, 0.3) is 0 Å². The Kier molecular flexibility index (Phi) is 4.39. The lowest BCUT2D eigenvalue weighted by Gasteiger charge is -2.02. The number of nitrogens with zero attached hydrogens (tertiary/aromatic N) is 1. The minimum atomic E-state index is 0.271. The molecule has 0 fully saturated rings. The molecule has 72 valence electrons. The third kappa shape index (κ3) is 3.87. The summed E-state index contributed by atoms with van der Waals surface area (Å²) in [6.07, 6.45) is 2.80. The van der Waals surface area contributed by atoms with E-state index in [4.69, 9.17) is 5.11 Å². The summed E-state index contributed by atoms with van der Waals surface area (Å²) in [5.41, 5.74) is 2.13. The molecule has 1 aromatic heterocycles. The number of rotatable bonds is 4. The van der Waals surface area contributed by atoms with Crippen LogP contribution in [0.4, 0.5) is 0 Å². The first-order valence-corrected chi connectivity index (χ1v) is 5.25. The second-order valence-corrected chi connectivity index (χ2v) is 4.01. The molecule has 1 rings (SSSR count). The van der Waals surface area contributed by atoms with E-state index in [-0.39, 0.29) is 6.61 Å². The molecule has 0 radical (unpaired) electrons. The van der Waals surface area contributed by atoms with Crippen molar-refractivity contribution in [3.8, 4) is 0 Å². The summed E-state index contributed by atoms with van der Waals surface area (Å²) in [6.45, 7) is 2.26. The number of hydrogen-bond acceptors (Lipinski definition) is 2. The number of aryl methyl sites for hydroxylation is 2. The van der Waals surface area contributed by atoms with Crippen molar-refractivity contribution in [2.24, 2.45) is 0 Å². The monoisotopic (exact) mass is 243 g/mol. The highest BCUT2D eigenvalue weighted by Crippen LogP contribution is 2.13. The fourth-order valence-electron chi connectivity index (χ4n) is 1.24. The first-order chi connectivity index (χ1) is 6.22. The first kappa shape index (κ1) is 10.7. The molecular formula is C10H14BrNO. The van der Waals surface area contributed by atoms with E-state index in [0.717, 1.165) is 35.1 Å². The van der Waals surface area contributed by atoms with Gasteiger partial charge in [-0.25, -0.2) is 0 Å². The summed E-state index contributed by atoms with van der Waals surface area (Å²) in [5, 5.41) is 8.62. The number of unbranched alkanes of at least 4 members (excludes halogenated alkanes) is 1. The molecule has 0 atom stereocenters. The van der Waals surface area contributed by atoms with Gasteiger partial charge in [0.1, 0.15) is 0 Å². The standard InChI is InChI=1S/C10H14BrNO/c1-8-6-9(11)7-10(12-8)4-2-3-5-13/h6-7,13H,2-5H2,1H3. The van der Waals surface area contributed by atoms with Gasteiger partial charge in [0.2, 0.25) is 0 Å². The molecule has 0 aliphatic heterocycles. The lowest BCUT2D eigenvalue weighted by molar-refractivity contribution is 0.284. The van der Waals surface area contributed by atoms with Crippen LogP contribution in [0.5, 0.6) is 0 Å². The predicted molar refractivity (Wildman–Crippen MR) is 56.7 cm³/mol. The lowest BCUT2D eigenvalue weighted by atomic mass is 10.2. The Labute approximate surface area is 87.1 Å². The van der Waals surface area contributed by atoms with E-state index in [9.17, 15) is 0 Å². The molecule has 0 unspecified atom stereocenters. The van der Waals surface area contributed by atoms with E-state index in [1.165, 1.54) is 0 Å². The molecule has 1 N–H and O–H groups in total. The zero-order valence-corrected chi connectivity index (χ0v) is 9.34. The first-order valence-electron chi connectivity index (χ1n) is 4.46. The van der Waals surface area contributed by atoms with Crippen LogP contribution in [-0.2, 0) is 6.42 Å². The molecule has 2 nitrogen and oxygen atoms in total. The number of aliphatic hydroxyl groups excluding tert-OH is 1. The van der Waals surface area contributed by atoms with Crippen molar-refractivity contribution in [3.05, 3.63) is 28.0 Å². The number of aromatic nitrogens is 1. The molecule has 13 heavy (non-hydrogen) atoms. The quantitative estimate of drug-likeness (QED) is 0.825. The molecule has 0 aromatic carbocycles. The van der Waals surface area contributed by atoms with Crippen LogP contribution in [0.3, 0.4) is 0 Å². The van der Waals surface area contributed by atoms with Gasteiger partial charge in [-0.05, 0) is 38.3 Å². The summed E-state index contributed by atoms with van der Waals surface area (Å²) < 4.78 is 1.08. The van der Waals surface area contributed by atoms with Crippen LogP contribution < -0.4 is 0 Å². The van der Waals surface area contributed by atoms with Crippen LogP contribution in [-0.4, -0.2) is 16.7 Å². The summed E-state index contributed by atoms with van der Waals surface area (Å²) in [4.78, 5) is 4.39. The van der Waals surface area contributed by atoms with E-state index in [0.29, 0.717) is 0 Å². The molecule has 0 saturated heterocycles. The van der Waals surface area contributed by atoms with E-state index >= 15 is 0 Å². The van der Waals surface area contributed by atoms with Gasteiger partial charge in [0, 0.05) is 22.5 Å². The second kappa shape index (κ2) is 5.35. The Morgan fingerprint density at radius 3 is 2.77 bits per heavy atom. The fraction of sp³-hybridized carbons (Fsp3) is 0.500. The van der Waals surface area contributed by atoms with E-state index in [2.05, 4.69) is 20.9 Å². The summed E-state index contributed by atoms with van der Waals surface area (Å²) >= 11 is 3.43. The zero-order chi connectivity index (χ0) is 9.68.